The minimum absolute atomic E-state index is 0.0978. The summed E-state index contributed by atoms with van der Waals surface area (Å²) in [5.41, 5.74) is 3.45. The number of nitrogens with one attached hydrogen (secondary N) is 2. The van der Waals surface area contributed by atoms with E-state index in [1.165, 1.54) is 17.5 Å². The Bertz CT molecular complexity index is 552. The fraction of sp³-hybridized carbons (Fsp3) is 0.471. The fourth-order valence-electron chi connectivity index (χ4n) is 3.16. The molecule has 1 heterocycles. The molecule has 4 heteroatoms. The summed E-state index contributed by atoms with van der Waals surface area (Å²) >= 11 is 0. The van der Waals surface area contributed by atoms with E-state index in [0.29, 0.717) is 5.92 Å². The van der Waals surface area contributed by atoms with E-state index in [0.717, 1.165) is 38.0 Å². The number of benzene rings is 1. The van der Waals surface area contributed by atoms with E-state index in [-0.39, 0.29) is 6.10 Å². The van der Waals surface area contributed by atoms with Gasteiger partial charge in [-0.2, -0.15) is 5.10 Å². The molecule has 0 radical (unpaired) electrons. The third kappa shape index (κ3) is 3.71. The van der Waals surface area contributed by atoms with Gasteiger partial charge >= 0.3 is 0 Å². The number of H-pyrrole nitrogens is 1. The van der Waals surface area contributed by atoms with Gasteiger partial charge in [-0.1, -0.05) is 36.8 Å². The van der Waals surface area contributed by atoms with Crippen molar-refractivity contribution >= 4 is 0 Å². The van der Waals surface area contributed by atoms with Crippen LogP contribution in [0.15, 0.2) is 36.5 Å². The van der Waals surface area contributed by atoms with Crippen LogP contribution in [0, 0.1) is 5.92 Å². The molecule has 1 aromatic heterocycles. The SMILES string of the molecule is OC1CCCC(CNCc2cn[nH]c2-c2ccccc2)C1. The van der Waals surface area contributed by atoms with Crippen LogP contribution in [0.25, 0.3) is 11.3 Å². The Morgan fingerprint density at radius 2 is 2.10 bits per heavy atom. The number of rotatable bonds is 5. The molecule has 2 unspecified atom stereocenters. The normalized spacial score (nSPS) is 22.3. The Hall–Kier alpha value is -1.65. The van der Waals surface area contributed by atoms with Crippen LogP contribution >= 0.6 is 0 Å². The molecule has 3 rings (SSSR count). The molecule has 2 atom stereocenters. The summed E-state index contributed by atoms with van der Waals surface area (Å²) in [6, 6.07) is 10.3. The van der Waals surface area contributed by atoms with Gasteiger partial charge in [0.05, 0.1) is 18.0 Å². The van der Waals surface area contributed by atoms with E-state index in [4.69, 9.17) is 0 Å². The minimum Gasteiger partial charge on any atom is -0.393 e. The maximum absolute atomic E-state index is 9.71. The van der Waals surface area contributed by atoms with Crippen molar-refractivity contribution in [1.82, 2.24) is 15.5 Å². The van der Waals surface area contributed by atoms with Crippen LogP contribution in [-0.4, -0.2) is 28.0 Å². The summed E-state index contributed by atoms with van der Waals surface area (Å²) in [6.07, 6.45) is 6.07. The van der Waals surface area contributed by atoms with Gasteiger partial charge in [0.1, 0.15) is 0 Å². The van der Waals surface area contributed by atoms with Crippen LogP contribution in [0.3, 0.4) is 0 Å². The fourth-order valence-corrected chi connectivity index (χ4v) is 3.16. The van der Waals surface area contributed by atoms with Crippen molar-refractivity contribution in [2.75, 3.05) is 6.54 Å². The number of hydrogen-bond donors (Lipinski definition) is 3. The highest BCUT2D eigenvalue weighted by molar-refractivity contribution is 5.62. The topological polar surface area (TPSA) is 60.9 Å². The van der Waals surface area contributed by atoms with Gasteiger partial charge in [0.25, 0.3) is 0 Å². The van der Waals surface area contributed by atoms with Gasteiger partial charge in [0.2, 0.25) is 0 Å². The van der Waals surface area contributed by atoms with Gasteiger partial charge in [-0.15, -0.1) is 0 Å². The quantitative estimate of drug-likeness (QED) is 0.791. The molecular formula is C17H23N3O. The summed E-state index contributed by atoms with van der Waals surface area (Å²) in [6.45, 7) is 1.78. The smallest absolute Gasteiger partial charge is 0.0695 e. The number of aromatic nitrogens is 2. The summed E-state index contributed by atoms with van der Waals surface area (Å²) in [5, 5.41) is 20.5. The van der Waals surface area contributed by atoms with Crippen molar-refractivity contribution in [3.05, 3.63) is 42.1 Å². The first-order valence-electron chi connectivity index (χ1n) is 7.79. The Morgan fingerprint density at radius 1 is 1.24 bits per heavy atom. The zero-order valence-electron chi connectivity index (χ0n) is 12.3. The molecule has 1 aliphatic rings. The standard InChI is InChI=1S/C17H23N3O/c21-16-8-4-5-13(9-16)10-18-11-15-12-19-20-17(15)14-6-2-1-3-7-14/h1-3,6-7,12-13,16,18,21H,4-5,8-11H2,(H,19,20). The maximum Gasteiger partial charge on any atom is 0.0695 e. The predicted molar refractivity (Wildman–Crippen MR) is 83.7 cm³/mol. The third-order valence-corrected chi connectivity index (χ3v) is 4.28. The lowest BCUT2D eigenvalue weighted by atomic mass is 9.87. The molecule has 0 saturated heterocycles. The van der Waals surface area contributed by atoms with Crippen molar-refractivity contribution in [2.45, 2.75) is 38.3 Å². The van der Waals surface area contributed by atoms with Crippen LogP contribution in [0.2, 0.25) is 0 Å². The Balaban J connectivity index is 1.55. The first-order chi connectivity index (χ1) is 10.3. The molecule has 4 nitrogen and oxygen atoms in total. The lowest BCUT2D eigenvalue weighted by Crippen LogP contribution is -2.28. The van der Waals surface area contributed by atoms with E-state index in [1.807, 2.05) is 24.4 Å². The largest absolute Gasteiger partial charge is 0.393 e. The molecule has 1 saturated carbocycles. The molecule has 1 aromatic carbocycles. The van der Waals surface area contributed by atoms with E-state index in [1.54, 1.807) is 0 Å². The highest BCUT2D eigenvalue weighted by atomic mass is 16.3. The van der Waals surface area contributed by atoms with Gasteiger partial charge in [0.15, 0.2) is 0 Å². The highest BCUT2D eigenvalue weighted by Crippen LogP contribution is 2.24. The van der Waals surface area contributed by atoms with E-state index < -0.39 is 0 Å². The van der Waals surface area contributed by atoms with Gasteiger partial charge in [-0.3, -0.25) is 5.10 Å². The molecule has 0 aliphatic heterocycles. The Morgan fingerprint density at radius 3 is 2.90 bits per heavy atom. The number of aromatic amines is 1. The lowest BCUT2D eigenvalue weighted by molar-refractivity contribution is 0.101. The predicted octanol–water partition coefficient (Wildman–Crippen LogP) is 2.72. The Kier molecular flexibility index (Phi) is 4.68. The summed E-state index contributed by atoms with van der Waals surface area (Å²) in [7, 11) is 0. The van der Waals surface area contributed by atoms with Gasteiger partial charge in [0, 0.05) is 12.1 Å². The Labute approximate surface area is 125 Å². The van der Waals surface area contributed by atoms with Crippen molar-refractivity contribution in [1.29, 1.82) is 0 Å². The molecule has 112 valence electrons. The monoisotopic (exact) mass is 285 g/mol. The second kappa shape index (κ2) is 6.87. The summed E-state index contributed by atoms with van der Waals surface area (Å²) in [5.74, 6) is 0.598. The van der Waals surface area contributed by atoms with Crippen LogP contribution in [0.1, 0.15) is 31.2 Å². The van der Waals surface area contributed by atoms with Crippen LogP contribution in [-0.2, 0) is 6.54 Å². The van der Waals surface area contributed by atoms with Gasteiger partial charge < -0.3 is 10.4 Å². The summed E-state index contributed by atoms with van der Waals surface area (Å²) in [4.78, 5) is 0. The molecule has 0 amide bonds. The van der Waals surface area contributed by atoms with Gasteiger partial charge in [-0.05, 0) is 37.3 Å². The van der Waals surface area contributed by atoms with Crippen molar-refractivity contribution in [3.8, 4) is 11.3 Å². The molecule has 2 aromatic rings. The number of hydrogen-bond acceptors (Lipinski definition) is 3. The van der Waals surface area contributed by atoms with Crippen molar-refractivity contribution in [2.24, 2.45) is 5.92 Å². The molecule has 1 fully saturated rings. The molecule has 21 heavy (non-hydrogen) atoms. The van der Waals surface area contributed by atoms with Crippen LogP contribution in [0.5, 0.6) is 0 Å². The molecule has 0 bridgehead atoms. The number of aliphatic hydroxyl groups excluding tert-OH is 1. The molecule has 1 aliphatic carbocycles. The second-order valence-corrected chi connectivity index (χ2v) is 5.95. The number of aliphatic hydroxyl groups is 1. The van der Waals surface area contributed by atoms with E-state index in [2.05, 4.69) is 27.6 Å². The van der Waals surface area contributed by atoms with E-state index in [9.17, 15) is 5.11 Å². The van der Waals surface area contributed by atoms with Crippen LogP contribution in [0.4, 0.5) is 0 Å². The summed E-state index contributed by atoms with van der Waals surface area (Å²) < 4.78 is 0. The first-order valence-corrected chi connectivity index (χ1v) is 7.79. The zero-order chi connectivity index (χ0) is 14.5. The molecule has 0 spiro atoms. The zero-order valence-corrected chi connectivity index (χ0v) is 12.3. The first kappa shape index (κ1) is 14.3. The van der Waals surface area contributed by atoms with E-state index >= 15 is 0 Å². The van der Waals surface area contributed by atoms with Crippen LogP contribution < -0.4 is 5.32 Å². The van der Waals surface area contributed by atoms with Gasteiger partial charge in [-0.25, -0.2) is 0 Å². The highest BCUT2D eigenvalue weighted by Gasteiger charge is 2.19. The second-order valence-electron chi connectivity index (χ2n) is 5.95. The van der Waals surface area contributed by atoms with Crippen molar-refractivity contribution < 1.29 is 5.11 Å². The van der Waals surface area contributed by atoms with Crippen molar-refractivity contribution in [3.63, 3.8) is 0 Å². The average Bonchev–Trinajstić information content (AvgIpc) is 2.97. The lowest BCUT2D eigenvalue weighted by Gasteiger charge is -2.26. The molecule has 3 N–H and O–H groups in total. The average molecular weight is 285 g/mol. The number of nitrogens with zero attached hydrogens (tertiary/aromatic N) is 1. The molecular weight excluding hydrogens is 262 g/mol. The third-order valence-electron chi connectivity index (χ3n) is 4.28. The maximum atomic E-state index is 9.71. The minimum atomic E-state index is -0.0978.